The average Bonchev–Trinajstić information content (AvgIpc) is 1.83. The van der Waals surface area contributed by atoms with E-state index in [0.717, 1.165) is 68.3 Å². The van der Waals surface area contributed by atoms with E-state index < -0.39 is 49.8 Å². The first-order valence-electron chi connectivity index (χ1n) is 32.3. The van der Waals surface area contributed by atoms with E-state index in [2.05, 4.69) is 138 Å². The van der Waals surface area contributed by atoms with Crippen LogP contribution in [-0.2, 0) is 37.9 Å². The Bertz CT molecular complexity index is 2530. The van der Waals surface area contributed by atoms with Crippen molar-refractivity contribution in [2.24, 2.45) is 11.8 Å². The Morgan fingerprint density at radius 3 is 1.44 bits per heavy atom. The molecule has 2 saturated heterocycles. The van der Waals surface area contributed by atoms with Crippen molar-refractivity contribution in [3.63, 3.8) is 0 Å². The number of esters is 2. The molecule has 502 valence electrons. The summed E-state index contributed by atoms with van der Waals surface area (Å²) in [6.45, 7) is 46.3. The molecule has 2 aliphatic heterocycles. The third-order valence-corrected chi connectivity index (χ3v) is 25.1. The van der Waals surface area contributed by atoms with E-state index in [-0.39, 0.29) is 74.7 Å². The van der Waals surface area contributed by atoms with Crippen LogP contribution in [0.5, 0.6) is 23.0 Å². The van der Waals surface area contributed by atoms with E-state index in [4.69, 9.17) is 56.8 Å². The van der Waals surface area contributed by atoms with Crippen molar-refractivity contribution in [1.82, 2.24) is 0 Å². The summed E-state index contributed by atoms with van der Waals surface area (Å²) in [5, 5.41) is 0. The number of carbonyl (C=O) groups excluding carboxylic acids is 2. The normalized spacial score (nSPS) is 19.8. The van der Waals surface area contributed by atoms with Crippen LogP contribution < -0.4 is 18.9 Å². The molecule has 2 aromatic carbocycles. The molecule has 2 heterocycles. The van der Waals surface area contributed by atoms with Crippen LogP contribution in [-0.4, -0.2) is 148 Å². The number of allylic oxidation sites excluding steroid dienone is 2. The monoisotopic (exact) mass is 1380 g/mol. The Labute approximate surface area is 544 Å². The maximum atomic E-state index is 13.8. The third kappa shape index (κ3) is 30.3. The maximum absolute atomic E-state index is 13.8. The van der Waals surface area contributed by atoms with Gasteiger partial charge in [-0.15, -0.1) is 0 Å². The third-order valence-electron chi connectivity index (χ3n) is 14.9. The molecule has 0 amide bonds. The Hall–Kier alpha value is -2.75. The van der Waals surface area contributed by atoms with Gasteiger partial charge in [-0.25, -0.2) is 4.79 Å². The number of ether oxygens (including phenoxy) is 12. The molecule has 0 radical (unpaired) electrons. The van der Waals surface area contributed by atoms with Gasteiger partial charge >= 0.3 is 290 Å². The van der Waals surface area contributed by atoms with Crippen molar-refractivity contribution in [2.75, 3.05) is 54.2 Å². The SMILES string of the molecule is CCC/C=C\C(C)[C@H]1OC(C)(C)O[C@H]1C/C=C/c1cc(OCC[Si](C)(C)C)cc(OCOC)c1C(=O)OCC[Si](C)(C)C.CCC/C=C\C(C)[C@H]1OC(C)(C)O[C@H]1CCC([SeH]=P)c1cc(OCC[Si](C)(C)C)cc(OCOC)c1C(=O)OCC[Si](C)(C)C. The molecule has 88 heavy (non-hydrogen) atoms. The zero-order valence-corrected chi connectivity index (χ0v) is 65.4. The van der Waals surface area contributed by atoms with E-state index in [1.807, 2.05) is 58.0 Å². The molecule has 14 nitrogen and oxygen atoms in total. The van der Waals surface area contributed by atoms with Crippen molar-refractivity contribution >= 4 is 71.8 Å². The minimum absolute atomic E-state index is 0.00412. The predicted molar refractivity (Wildman–Crippen MR) is 377 cm³/mol. The molecular formula is C68H119O14PSeSi4. The number of hydrogen-bond donors (Lipinski definition) is 0. The quantitative estimate of drug-likeness (QED) is 0.0207. The van der Waals surface area contributed by atoms with Crippen LogP contribution in [0.25, 0.3) is 6.08 Å². The molecule has 20 heteroatoms. The van der Waals surface area contributed by atoms with Crippen LogP contribution >= 0.6 is 7.49 Å². The Balaban J connectivity index is 0.000000461. The van der Waals surface area contributed by atoms with Gasteiger partial charge in [0.2, 0.25) is 0 Å². The summed E-state index contributed by atoms with van der Waals surface area (Å²) in [5.41, 5.74) is 2.42. The molecule has 2 aliphatic rings. The molecule has 0 saturated carbocycles. The van der Waals surface area contributed by atoms with Crippen LogP contribution in [0.4, 0.5) is 0 Å². The van der Waals surface area contributed by atoms with Crippen molar-refractivity contribution in [1.29, 1.82) is 0 Å². The number of unbranched alkanes of at least 4 members (excludes halogenated alkanes) is 2. The number of methoxy groups -OCH3 is 2. The summed E-state index contributed by atoms with van der Waals surface area (Å²) in [6.07, 6.45) is 19.2. The summed E-state index contributed by atoms with van der Waals surface area (Å²) in [7, 11) is 1.73. The van der Waals surface area contributed by atoms with Gasteiger partial charge in [-0.05, 0) is 50.4 Å². The second-order valence-corrected chi connectivity index (χ2v) is 55.1. The van der Waals surface area contributed by atoms with Crippen LogP contribution in [0.3, 0.4) is 0 Å². The van der Waals surface area contributed by atoms with Crippen LogP contribution in [0, 0.1) is 11.8 Å². The van der Waals surface area contributed by atoms with Gasteiger partial charge in [-0.3, -0.25) is 0 Å². The van der Waals surface area contributed by atoms with E-state index in [9.17, 15) is 9.59 Å². The van der Waals surface area contributed by atoms with E-state index in [1.165, 1.54) is 0 Å². The van der Waals surface area contributed by atoms with Gasteiger partial charge in [0.15, 0.2) is 12.6 Å². The fourth-order valence-corrected chi connectivity index (χ4v) is 15.4. The first-order chi connectivity index (χ1) is 41.0. The molecule has 2 fully saturated rings. The molecule has 4 rings (SSSR count). The van der Waals surface area contributed by atoms with Gasteiger partial charge in [0.05, 0.1) is 25.4 Å². The average molecular weight is 1380 g/mol. The molecule has 2 aromatic rings. The Morgan fingerprint density at radius 1 is 0.580 bits per heavy atom. The van der Waals surface area contributed by atoms with Crippen LogP contribution in [0.1, 0.15) is 137 Å². The molecule has 0 N–H and O–H groups in total. The summed E-state index contributed by atoms with van der Waals surface area (Å²) in [4.78, 5) is 27.4. The fourth-order valence-electron chi connectivity index (χ4n) is 9.82. The van der Waals surface area contributed by atoms with Gasteiger partial charge in [-0.2, -0.15) is 0 Å². The van der Waals surface area contributed by atoms with E-state index in [0.29, 0.717) is 72.5 Å². The van der Waals surface area contributed by atoms with Crippen molar-refractivity contribution in [3.05, 3.63) is 76.9 Å². The number of hydrogen-bond acceptors (Lipinski definition) is 14. The molecule has 3 unspecified atom stereocenters. The first kappa shape index (κ1) is 79.5. The van der Waals surface area contributed by atoms with Crippen molar-refractivity contribution in [3.8, 4) is 23.0 Å². The Morgan fingerprint density at radius 2 is 1.00 bits per heavy atom. The van der Waals surface area contributed by atoms with Crippen molar-refractivity contribution in [2.45, 2.75) is 244 Å². The number of carbonyl (C=O) groups is 2. The number of rotatable bonds is 38. The van der Waals surface area contributed by atoms with Crippen LogP contribution in [0.2, 0.25) is 103 Å². The molecular weight excluding hydrogens is 1260 g/mol. The number of benzene rings is 2. The van der Waals surface area contributed by atoms with Crippen molar-refractivity contribution < 1.29 is 66.4 Å². The summed E-state index contributed by atoms with van der Waals surface area (Å²) in [5.74, 6) is 0.548. The topological polar surface area (TPSA) is 145 Å². The van der Waals surface area contributed by atoms with Gasteiger partial charge in [0, 0.05) is 35.2 Å². The van der Waals surface area contributed by atoms with Gasteiger partial charge in [0.1, 0.15) is 17.1 Å². The second kappa shape index (κ2) is 37.8. The van der Waals surface area contributed by atoms with Gasteiger partial charge < -0.3 is 28.4 Å². The molecule has 0 aromatic heterocycles. The summed E-state index contributed by atoms with van der Waals surface area (Å²) >= 11 is -0.343. The molecule has 0 spiro atoms. The standard InChI is InChI=1S/C34H61O7PSeSi2.C34H58O7Si2/c1-12-13-14-15-25(2)32-28(40-34(3,4)41-32)16-17-30(43-42)27-22-26(37-18-20-44(6,7)8)23-29(39-24-36-5)31(27)33(35)38-19-21-45(9,10)11;1-12-13-14-16-26(2)32-29(40-34(3,4)41-32)18-15-17-27-23-28(37-19-21-42(6,7)8)24-30(39-25-36-5)31(27)33(35)38-20-22-43(9,10)11/h14-15,22-23,25,28,30,32,42-43H,12-13,16-21,24H2,1-11H3;14-17,23-24,26,29,32H,12-13,18-22,25H2,1-11H3/b15-14-;16-14-,17-15+/t25?,28-,30?,32+;26?,29-,32+/m00/s1. The zero-order chi connectivity index (χ0) is 66.1. The second-order valence-electron chi connectivity index (χ2n) is 29.4. The van der Waals surface area contributed by atoms with E-state index >= 15 is 0 Å². The summed E-state index contributed by atoms with van der Waals surface area (Å²) in [6, 6.07) is 11.4. The van der Waals surface area contributed by atoms with E-state index in [1.54, 1.807) is 20.3 Å². The minimum atomic E-state index is -1.39. The van der Waals surface area contributed by atoms with Gasteiger partial charge in [-0.1, -0.05) is 83.9 Å². The Kier molecular flexibility index (Phi) is 34.2. The zero-order valence-electron chi connectivity index (χ0n) is 58.5. The fraction of sp³-hybridized carbons (Fsp3) is 0.706. The molecule has 0 aliphatic carbocycles. The van der Waals surface area contributed by atoms with Crippen LogP contribution in [0.15, 0.2) is 54.6 Å². The summed E-state index contributed by atoms with van der Waals surface area (Å²) < 4.78 is 72.1. The predicted octanol–water partition coefficient (Wildman–Crippen LogP) is 17.5. The molecule has 7 atom stereocenters. The first-order valence-corrected chi connectivity index (χ1v) is 51.5. The molecule has 0 bridgehead atoms. The van der Waals surface area contributed by atoms with Gasteiger partial charge in [0.25, 0.3) is 0 Å².